The van der Waals surface area contributed by atoms with Crippen LogP contribution >= 0.6 is 0 Å². The fourth-order valence-electron chi connectivity index (χ4n) is 1.94. The van der Waals surface area contributed by atoms with E-state index in [1.807, 2.05) is 0 Å². The van der Waals surface area contributed by atoms with Gasteiger partial charge in [-0.15, -0.1) is 0 Å². The molecular weight excluding hydrogens is 226 g/mol. The van der Waals surface area contributed by atoms with E-state index in [0.717, 1.165) is 5.56 Å². The predicted octanol–water partition coefficient (Wildman–Crippen LogP) is 0.486. The summed E-state index contributed by atoms with van der Waals surface area (Å²) < 4.78 is 27.6. The third-order valence-corrected chi connectivity index (χ3v) is 4.25. The van der Waals surface area contributed by atoms with Crippen LogP contribution in [0.1, 0.15) is 12.5 Å². The third kappa shape index (κ3) is 1.74. The van der Waals surface area contributed by atoms with Crippen molar-refractivity contribution >= 4 is 21.6 Å². The Morgan fingerprint density at radius 2 is 2.25 bits per heavy atom. The number of fused-ring (bicyclic) bond motifs is 1. The Morgan fingerprint density at radius 1 is 1.50 bits per heavy atom. The van der Waals surface area contributed by atoms with Crippen molar-refractivity contribution in [3.63, 3.8) is 0 Å². The normalized spacial score (nSPS) is 15.2. The lowest BCUT2D eigenvalue weighted by atomic mass is 10.1. The molecule has 0 aromatic heterocycles. The van der Waals surface area contributed by atoms with Crippen molar-refractivity contribution in [2.24, 2.45) is 0 Å². The zero-order valence-electron chi connectivity index (χ0n) is 9.10. The van der Waals surface area contributed by atoms with Crippen LogP contribution in [0.4, 0.5) is 11.4 Å². The van der Waals surface area contributed by atoms with Gasteiger partial charge in [-0.25, -0.2) is 0 Å². The SMILES string of the molecule is CCNS(=O)(=O)N1CCc2c(N)cccc21. The molecule has 0 bridgehead atoms. The molecule has 5 nitrogen and oxygen atoms in total. The molecule has 2 rings (SSSR count). The van der Waals surface area contributed by atoms with E-state index in [9.17, 15) is 8.42 Å². The summed E-state index contributed by atoms with van der Waals surface area (Å²) in [6, 6.07) is 5.35. The number of hydrogen-bond acceptors (Lipinski definition) is 3. The van der Waals surface area contributed by atoms with Crippen molar-refractivity contribution in [1.29, 1.82) is 0 Å². The van der Waals surface area contributed by atoms with E-state index in [1.165, 1.54) is 4.31 Å². The zero-order chi connectivity index (χ0) is 11.8. The van der Waals surface area contributed by atoms with Gasteiger partial charge in [-0.1, -0.05) is 13.0 Å². The number of nitrogens with two attached hydrogens (primary N) is 1. The maximum atomic E-state index is 11.9. The summed E-state index contributed by atoms with van der Waals surface area (Å²) in [5, 5.41) is 0. The highest BCUT2D eigenvalue weighted by molar-refractivity contribution is 7.90. The van der Waals surface area contributed by atoms with Gasteiger partial charge in [0.25, 0.3) is 0 Å². The Hall–Kier alpha value is -1.27. The van der Waals surface area contributed by atoms with E-state index < -0.39 is 10.2 Å². The van der Waals surface area contributed by atoms with Crippen LogP contribution in [0.5, 0.6) is 0 Å². The average molecular weight is 241 g/mol. The van der Waals surface area contributed by atoms with Crippen molar-refractivity contribution in [2.45, 2.75) is 13.3 Å². The summed E-state index contributed by atoms with van der Waals surface area (Å²) in [6.07, 6.45) is 0.673. The lowest BCUT2D eigenvalue weighted by Crippen LogP contribution is -2.39. The molecule has 0 unspecified atom stereocenters. The lowest BCUT2D eigenvalue weighted by Gasteiger charge is -2.19. The predicted molar refractivity (Wildman–Crippen MR) is 64.5 cm³/mol. The first-order valence-electron chi connectivity index (χ1n) is 5.21. The summed E-state index contributed by atoms with van der Waals surface area (Å²) >= 11 is 0. The zero-order valence-corrected chi connectivity index (χ0v) is 9.92. The monoisotopic (exact) mass is 241 g/mol. The third-order valence-electron chi connectivity index (χ3n) is 2.64. The minimum Gasteiger partial charge on any atom is -0.398 e. The molecule has 0 fully saturated rings. The van der Waals surface area contributed by atoms with Gasteiger partial charge in [0, 0.05) is 24.3 Å². The second kappa shape index (κ2) is 3.95. The van der Waals surface area contributed by atoms with Crippen LogP contribution in [-0.4, -0.2) is 21.5 Å². The van der Waals surface area contributed by atoms with Gasteiger partial charge in [0.2, 0.25) is 0 Å². The van der Waals surface area contributed by atoms with Crippen LogP contribution in [0, 0.1) is 0 Å². The number of benzene rings is 1. The van der Waals surface area contributed by atoms with Gasteiger partial charge in [-0.05, 0) is 18.6 Å². The number of nitrogens with zero attached hydrogens (tertiary/aromatic N) is 1. The topological polar surface area (TPSA) is 75.4 Å². The highest BCUT2D eigenvalue weighted by Gasteiger charge is 2.29. The Labute approximate surface area is 95.4 Å². The number of hydrogen-bond donors (Lipinski definition) is 2. The van der Waals surface area contributed by atoms with Crippen molar-refractivity contribution in [3.8, 4) is 0 Å². The van der Waals surface area contributed by atoms with Crippen molar-refractivity contribution in [1.82, 2.24) is 4.72 Å². The smallest absolute Gasteiger partial charge is 0.301 e. The Kier molecular flexibility index (Phi) is 2.77. The van der Waals surface area contributed by atoms with Crippen LogP contribution in [-0.2, 0) is 16.6 Å². The molecule has 0 aliphatic carbocycles. The summed E-state index contributed by atoms with van der Waals surface area (Å²) in [7, 11) is -3.41. The van der Waals surface area contributed by atoms with Gasteiger partial charge in [0.1, 0.15) is 0 Å². The molecule has 0 saturated heterocycles. The molecule has 0 spiro atoms. The second-order valence-electron chi connectivity index (χ2n) is 3.67. The molecule has 0 amide bonds. The van der Waals surface area contributed by atoms with E-state index in [2.05, 4.69) is 4.72 Å². The van der Waals surface area contributed by atoms with Gasteiger partial charge in [-0.2, -0.15) is 13.1 Å². The maximum absolute atomic E-state index is 11.9. The van der Waals surface area contributed by atoms with E-state index in [-0.39, 0.29) is 0 Å². The van der Waals surface area contributed by atoms with Crippen molar-refractivity contribution in [3.05, 3.63) is 23.8 Å². The molecule has 88 valence electrons. The maximum Gasteiger partial charge on any atom is 0.301 e. The Morgan fingerprint density at radius 3 is 2.94 bits per heavy atom. The van der Waals surface area contributed by atoms with Crippen LogP contribution < -0.4 is 14.8 Å². The summed E-state index contributed by atoms with van der Waals surface area (Å²) in [6.45, 7) is 2.60. The molecule has 1 aromatic carbocycles. The number of anilines is 2. The van der Waals surface area contributed by atoms with E-state index in [1.54, 1.807) is 25.1 Å². The fraction of sp³-hybridized carbons (Fsp3) is 0.400. The van der Waals surface area contributed by atoms with Crippen molar-refractivity contribution < 1.29 is 8.42 Å². The van der Waals surface area contributed by atoms with Gasteiger partial charge in [0.05, 0.1) is 5.69 Å². The van der Waals surface area contributed by atoms with Crippen LogP contribution in [0.15, 0.2) is 18.2 Å². The molecule has 0 saturated carbocycles. The summed E-state index contributed by atoms with van der Waals surface area (Å²) in [4.78, 5) is 0. The molecule has 16 heavy (non-hydrogen) atoms. The highest BCUT2D eigenvalue weighted by atomic mass is 32.2. The molecule has 0 radical (unpaired) electrons. The molecule has 6 heteroatoms. The molecule has 1 aromatic rings. The Balaban J connectivity index is 2.41. The van der Waals surface area contributed by atoms with Gasteiger partial charge < -0.3 is 5.73 Å². The number of rotatable bonds is 3. The summed E-state index contributed by atoms with van der Waals surface area (Å²) in [5.41, 5.74) is 8.08. The quantitative estimate of drug-likeness (QED) is 0.756. The molecule has 1 aliphatic heterocycles. The first-order valence-corrected chi connectivity index (χ1v) is 6.65. The largest absolute Gasteiger partial charge is 0.398 e. The van der Waals surface area contributed by atoms with Crippen LogP contribution in [0.3, 0.4) is 0 Å². The number of nitrogens with one attached hydrogen (secondary N) is 1. The highest BCUT2D eigenvalue weighted by Crippen LogP contribution is 2.33. The molecular formula is C10H15N3O2S. The minimum atomic E-state index is -3.41. The lowest BCUT2D eigenvalue weighted by molar-refractivity contribution is 0.580. The van der Waals surface area contributed by atoms with Gasteiger partial charge in [-0.3, -0.25) is 4.31 Å². The van der Waals surface area contributed by atoms with Gasteiger partial charge in [0.15, 0.2) is 0 Å². The van der Waals surface area contributed by atoms with Gasteiger partial charge >= 0.3 is 10.2 Å². The Bertz CT molecular complexity index is 499. The summed E-state index contributed by atoms with van der Waals surface area (Å²) in [5.74, 6) is 0. The van der Waals surface area contributed by atoms with E-state index in [4.69, 9.17) is 5.73 Å². The molecule has 1 heterocycles. The second-order valence-corrected chi connectivity index (χ2v) is 5.35. The van der Waals surface area contributed by atoms with Crippen LogP contribution in [0.25, 0.3) is 0 Å². The average Bonchev–Trinajstić information content (AvgIpc) is 2.63. The van der Waals surface area contributed by atoms with E-state index >= 15 is 0 Å². The van der Waals surface area contributed by atoms with Crippen LogP contribution in [0.2, 0.25) is 0 Å². The minimum absolute atomic E-state index is 0.385. The number of nitrogen functional groups attached to an aromatic ring is 1. The molecule has 0 atom stereocenters. The standard InChI is InChI=1S/C10H15N3O2S/c1-2-12-16(14,15)13-7-6-8-9(11)4-3-5-10(8)13/h3-5,12H,2,6-7,11H2,1H3. The first kappa shape index (κ1) is 11.2. The first-order chi connectivity index (χ1) is 7.56. The van der Waals surface area contributed by atoms with Crippen molar-refractivity contribution in [2.75, 3.05) is 23.1 Å². The molecule has 1 aliphatic rings. The van der Waals surface area contributed by atoms with E-state index in [0.29, 0.717) is 30.9 Å². The molecule has 3 N–H and O–H groups in total. The fourth-order valence-corrected chi connectivity index (χ4v) is 3.22.